The van der Waals surface area contributed by atoms with Crippen LogP contribution in [0.3, 0.4) is 0 Å². The predicted octanol–water partition coefficient (Wildman–Crippen LogP) is 1.19. The molecule has 23 heavy (non-hydrogen) atoms. The van der Waals surface area contributed by atoms with Gasteiger partial charge in [0.15, 0.2) is 0 Å². The molecule has 1 saturated heterocycles. The zero-order chi connectivity index (χ0) is 17.2. The summed E-state index contributed by atoms with van der Waals surface area (Å²) in [6.45, 7) is 1.77. The quantitative estimate of drug-likeness (QED) is 0.653. The Bertz CT molecular complexity index is 732. The third kappa shape index (κ3) is 3.35. The topological polar surface area (TPSA) is 110 Å². The van der Waals surface area contributed by atoms with Crippen LogP contribution in [0.25, 0.3) is 0 Å². The van der Waals surface area contributed by atoms with Crippen LogP contribution < -0.4 is 5.32 Å². The fourth-order valence-electron chi connectivity index (χ4n) is 2.70. The van der Waals surface area contributed by atoms with Crippen molar-refractivity contribution in [3.63, 3.8) is 0 Å². The number of amides is 1. The highest BCUT2D eigenvalue weighted by Crippen LogP contribution is 2.28. The fraction of sp³-hybridized carbons (Fsp3) is 0.500. The van der Waals surface area contributed by atoms with Gasteiger partial charge in [0.05, 0.1) is 9.82 Å². The van der Waals surface area contributed by atoms with Crippen molar-refractivity contribution in [1.82, 2.24) is 9.62 Å². The van der Waals surface area contributed by atoms with E-state index in [0.29, 0.717) is 18.4 Å². The smallest absolute Gasteiger partial charge is 0.273 e. The number of carbonyl (C=O) groups excluding carboxylic acids is 1. The van der Waals surface area contributed by atoms with Crippen molar-refractivity contribution in [2.45, 2.75) is 37.1 Å². The molecule has 126 valence electrons. The van der Waals surface area contributed by atoms with E-state index in [1.165, 1.54) is 19.2 Å². The van der Waals surface area contributed by atoms with Gasteiger partial charge < -0.3 is 5.32 Å². The largest absolute Gasteiger partial charge is 0.358 e. The summed E-state index contributed by atoms with van der Waals surface area (Å²) in [4.78, 5) is 22.2. The molecular formula is C14H19N3O5S. The Morgan fingerprint density at radius 3 is 2.70 bits per heavy atom. The third-order valence-corrected chi connectivity index (χ3v) is 5.89. The number of nitro benzene ring substituents is 1. The lowest BCUT2D eigenvalue weighted by atomic mass is 10.0. The molecule has 0 aromatic heterocycles. The summed E-state index contributed by atoms with van der Waals surface area (Å²) >= 11 is 0. The van der Waals surface area contributed by atoms with Gasteiger partial charge in [0.2, 0.25) is 15.9 Å². The van der Waals surface area contributed by atoms with E-state index in [-0.39, 0.29) is 23.0 Å². The molecule has 0 aliphatic carbocycles. The van der Waals surface area contributed by atoms with Gasteiger partial charge in [-0.05, 0) is 25.8 Å². The first-order valence-corrected chi connectivity index (χ1v) is 8.71. The number of rotatable bonds is 4. The molecule has 1 fully saturated rings. The van der Waals surface area contributed by atoms with Crippen LogP contribution in [0, 0.1) is 17.0 Å². The number of sulfonamides is 1. The number of hydrogen-bond acceptors (Lipinski definition) is 5. The van der Waals surface area contributed by atoms with Crippen LogP contribution >= 0.6 is 0 Å². The molecule has 8 nitrogen and oxygen atoms in total. The van der Waals surface area contributed by atoms with Crippen LogP contribution in [-0.2, 0) is 14.8 Å². The van der Waals surface area contributed by atoms with Crippen molar-refractivity contribution >= 4 is 21.6 Å². The summed E-state index contributed by atoms with van der Waals surface area (Å²) in [6, 6.07) is 3.02. The molecule has 0 spiro atoms. The number of likely N-dealkylation sites (N-methyl/N-ethyl adjacent to an activating group) is 1. The number of piperidine rings is 1. The lowest BCUT2D eigenvalue weighted by Gasteiger charge is -2.33. The first-order valence-electron chi connectivity index (χ1n) is 7.27. The minimum absolute atomic E-state index is 0.161. The molecule has 0 radical (unpaired) electrons. The molecule has 1 aliphatic rings. The molecule has 1 aromatic carbocycles. The van der Waals surface area contributed by atoms with Crippen molar-refractivity contribution in [2.75, 3.05) is 13.6 Å². The zero-order valence-electron chi connectivity index (χ0n) is 13.0. The van der Waals surface area contributed by atoms with Crippen molar-refractivity contribution in [3.05, 3.63) is 33.9 Å². The number of aryl methyl sites for hydroxylation is 1. The molecule has 0 bridgehead atoms. The van der Waals surface area contributed by atoms with Crippen LogP contribution in [0.5, 0.6) is 0 Å². The standard InChI is InChI=1S/C14H19N3O5S/c1-10-6-7-11(9-13(10)17(19)20)23(21,22)16-8-4-3-5-12(16)14(18)15-2/h6-7,9,12H,3-5,8H2,1-2H3,(H,15,18)/t12-/m1/s1. The highest BCUT2D eigenvalue weighted by molar-refractivity contribution is 7.89. The Kier molecular flexibility index (Phi) is 5.00. The molecule has 2 rings (SSSR count). The minimum Gasteiger partial charge on any atom is -0.358 e. The number of nitrogens with zero attached hydrogens (tertiary/aromatic N) is 2. The maximum Gasteiger partial charge on any atom is 0.273 e. The van der Waals surface area contributed by atoms with E-state index < -0.39 is 21.0 Å². The van der Waals surface area contributed by atoms with E-state index >= 15 is 0 Å². The van der Waals surface area contributed by atoms with E-state index in [4.69, 9.17) is 0 Å². The van der Waals surface area contributed by atoms with Gasteiger partial charge in [0, 0.05) is 25.2 Å². The molecular weight excluding hydrogens is 322 g/mol. The van der Waals surface area contributed by atoms with Gasteiger partial charge in [-0.1, -0.05) is 12.5 Å². The Labute approximate surface area is 134 Å². The maximum atomic E-state index is 12.8. The first-order chi connectivity index (χ1) is 10.8. The molecule has 1 atom stereocenters. The molecule has 1 aliphatic heterocycles. The van der Waals surface area contributed by atoms with E-state index in [9.17, 15) is 23.3 Å². The number of nitro groups is 1. The third-order valence-electron chi connectivity index (χ3n) is 3.99. The number of carbonyl (C=O) groups is 1. The summed E-state index contributed by atoms with van der Waals surface area (Å²) in [5.74, 6) is -0.366. The number of benzene rings is 1. The Morgan fingerprint density at radius 1 is 1.39 bits per heavy atom. The van der Waals surface area contributed by atoms with Crippen LogP contribution in [0.4, 0.5) is 5.69 Å². The summed E-state index contributed by atoms with van der Waals surface area (Å²) in [5, 5.41) is 13.5. The van der Waals surface area contributed by atoms with Crippen LogP contribution in [0.2, 0.25) is 0 Å². The van der Waals surface area contributed by atoms with Gasteiger partial charge in [-0.3, -0.25) is 14.9 Å². The molecule has 0 unspecified atom stereocenters. The van der Waals surface area contributed by atoms with Gasteiger partial charge in [0.1, 0.15) is 6.04 Å². The van der Waals surface area contributed by atoms with Crippen LogP contribution in [-0.4, -0.2) is 43.2 Å². The van der Waals surface area contributed by atoms with Gasteiger partial charge in [-0.2, -0.15) is 4.31 Å². The summed E-state index contributed by atoms with van der Waals surface area (Å²) < 4.78 is 26.8. The van der Waals surface area contributed by atoms with Crippen molar-refractivity contribution in [2.24, 2.45) is 0 Å². The van der Waals surface area contributed by atoms with E-state index in [1.807, 2.05) is 0 Å². The van der Waals surface area contributed by atoms with E-state index in [2.05, 4.69) is 5.32 Å². The lowest BCUT2D eigenvalue weighted by Crippen LogP contribution is -2.51. The normalized spacial score (nSPS) is 19.3. The van der Waals surface area contributed by atoms with Gasteiger partial charge >= 0.3 is 0 Å². The Morgan fingerprint density at radius 2 is 2.09 bits per heavy atom. The number of nitrogens with one attached hydrogen (secondary N) is 1. The van der Waals surface area contributed by atoms with Gasteiger partial charge in [-0.25, -0.2) is 8.42 Å². The zero-order valence-corrected chi connectivity index (χ0v) is 13.8. The average molecular weight is 341 g/mol. The Balaban J connectivity index is 2.46. The Hall–Kier alpha value is -2.00. The van der Waals surface area contributed by atoms with E-state index in [1.54, 1.807) is 6.92 Å². The highest BCUT2D eigenvalue weighted by atomic mass is 32.2. The molecule has 1 heterocycles. The second-order valence-corrected chi connectivity index (χ2v) is 7.34. The molecule has 1 aromatic rings. The van der Waals surface area contributed by atoms with Gasteiger partial charge in [-0.15, -0.1) is 0 Å². The molecule has 1 amide bonds. The molecule has 0 saturated carbocycles. The van der Waals surface area contributed by atoms with Gasteiger partial charge in [0.25, 0.3) is 5.69 Å². The second kappa shape index (κ2) is 6.63. The predicted molar refractivity (Wildman–Crippen MR) is 83.4 cm³/mol. The first kappa shape index (κ1) is 17.4. The molecule has 1 N–H and O–H groups in total. The second-order valence-electron chi connectivity index (χ2n) is 5.45. The average Bonchev–Trinajstić information content (AvgIpc) is 2.54. The van der Waals surface area contributed by atoms with Crippen LogP contribution in [0.15, 0.2) is 23.1 Å². The molecule has 9 heteroatoms. The summed E-state index contributed by atoms with van der Waals surface area (Å²) in [5.41, 5.74) is 0.134. The van der Waals surface area contributed by atoms with Crippen molar-refractivity contribution in [3.8, 4) is 0 Å². The van der Waals surface area contributed by atoms with Crippen molar-refractivity contribution < 1.29 is 18.1 Å². The monoisotopic (exact) mass is 341 g/mol. The highest BCUT2D eigenvalue weighted by Gasteiger charge is 2.37. The summed E-state index contributed by atoms with van der Waals surface area (Å²) in [6.07, 6.45) is 1.85. The lowest BCUT2D eigenvalue weighted by molar-refractivity contribution is -0.385. The fourth-order valence-corrected chi connectivity index (χ4v) is 4.38. The summed E-state index contributed by atoms with van der Waals surface area (Å²) in [7, 11) is -2.51. The van der Waals surface area contributed by atoms with E-state index in [0.717, 1.165) is 16.8 Å². The number of hydrogen-bond donors (Lipinski definition) is 1. The van der Waals surface area contributed by atoms with Crippen LogP contribution in [0.1, 0.15) is 24.8 Å². The maximum absolute atomic E-state index is 12.8. The van der Waals surface area contributed by atoms with Crippen molar-refractivity contribution in [1.29, 1.82) is 0 Å². The minimum atomic E-state index is -3.97. The SMILES string of the molecule is CNC(=O)[C@H]1CCCCN1S(=O)(=O)c1ccc(C)c([N+](=O)[O-])c1.